The topological polar surface area (TPSA) is 127 Å². The minimum atomic E-state index is -3.16. The molecule has 3 aromatic rings. The number of amides is 2. The molecule has 1 aliphatic rings. The maximum absolute atomic E-state index is 13.7. The number of halogens is 1. The monoisotopic (exact) mass is 554 g/mol. The van der Waals surface area contributed by atoms with E-state index >= 15 is 0 Å². The van der Waals surface area contributed by atoms with Crippen molar-refractivity contribution >= 4 is 33.1 Å². The molecule has 39 heavy (non-hydrogen) atoms. The van der Waals surface area contributed by atoms with Gasteiger partial charge in [0.25, 0.3) is 17.6 Å². The molecule has 2 heterocycles. The first-order chi connectivity index (χ1) is 18.4. The molecule has 0 spiro atoms. The number of benzene rings is 1. The van der Waals surface area contributed by atoms with Crippen LogP contribution in [0.4, 0.5) is 10.1 Å². The number of nitrogens with one attached hydrogen (secondary N) is 2. The Hall–Kier alpha value is -3.86. The minimum Gasteiger partial charge on any atom is -0.346 e. The van der Waals surface area contributed by atoms with Crippen molar-refractivity contribution in [2.75, 3.05) is 11.6 Å². The van der Waals surface area contributed by atoms with Crippen LogP contribution >= 0.6 is 0 Å². The fourth-order valence-corrected chi connectivity index (χ4v) is 6.31. The van der Waals surface area contributed by atoms with E-state index in [2.05, 4.69) is 15.6 Å². The third-order valence-corrected chi connectivity index (χ3v) is 8.95. The van der Waals surface area contributed by atoms with Crippen LogP contribution in [0.2, 0.25) is 0 Å². The maximum atomic E-state index is 13.7. The molecule has 1 aliphatic carbocycles. The highest BCUT2D eigenvalue weighted by Crippen LogP contribution is 2.32. The summed E-state index contributed by atoms with van der Waals surface area (Å²) in [4.78, 5) is 44.0. The molecule has 0 bridgehead atoms. The van der Waals surface area contributed by atoms with Crippen LogP contribution in [0.1, 0.15) is 57.7 Å². The SMILES string of the molecule is Cc1cc(NC(=O)c2c(C)c(C(=O)C(=O)NC3CCC(S(C)(=O)=O)CC3)n(C)c2-c2ccncc2)ccc1F. The van der Waals surface area contributed by atoms with Crippen molar-refractivity contribution in [2.45, 2.75) is 50.8 Å². The van der Waals surface area contributed by atoms with Crippen molar-refractivity contribution in [1.82, 2.24) is 14.9 Å². The molecule has 9 nitrogen and oxygen atoms in total. The summed E-state index contributed by atoms with van der Waals surface area (Å²) in [7, 11) is -1.55. The van der Waals surface area contributed by atoms with Gasteiger partial charge in [0.05, 0.1) is 22.2 Å². The number of hydrogen-bond acceptors (Lipinski definition) is 6. The molecule has 2 amide bonds. The van der Waals surface area contributed by atoms with Gasteiger partial charge in [0.15, 0.2) is 0 Å². The highest BCUT2D eigenvalue weighted by Gasteiger charge is 2.33. The van der Waals surface area contributed by atoms with Gasteiger partial charge in [0, 0.05) is 43.0 Å². The lowest BCUT2D eigenvalue weighted by atomic mass is 9.94. The number of ketones is 1. The quantitative estimate of drug-likeness (QED) is 0.338. The fourth-order valence-electron chi connectivity index (χ4n) is 5.19. The van der Waals surface area contributed by atoms with E-state index in [1.807, 2.05) is 0 Å². The van der Waals surface area contributed by atoms with Crippen molar-refractivity contribution < 1.29 is 27.2 Å². The van der Waals surface area contributed by atoms with Crippen molar-refractivity contribution in [3.05, 3.63) is 70.9 Å². The molecular weight excluding hydrogens is 523 g/mol. The summed E-state index contributed by atoms with van der Waals surface area (Å²) in [5.41, 5.74) is 2.38. The van der Waals surface area contributed by atoms with Crippen molar-refractivity contribution in [2.24, 2.45) is 7.05 Å². The molecule has 206 valence electrons. The summed E-state index contributed by atoms with van der Waals surface area (Å²) >= 11 is 0. The zero-order valence-electron chi connectivity index (χ0n) is 22.2. The van der Waals surface area contributed by atoms with Gasteiger partial charge < -0.3 is 15.2 Å². The number of carbonyl (C=O) groups excluding carboxylic acids is 3. The van der Waals surface area contributed by atoms with Gasteiger partial charge >= 0.3 is 0 Å². The fraction of sp³-hybridized carbons (Fsp3) is 0.357. The molecule has 4 rings (SSSR count). The third kappa shape index (κ3) is 5.93. The number of nitrogens with zero attached hydrogens (tertiary/aromatic N) is 2. The van der Waals surface area contributed by atoms with E-state index in [9.17, 15) is 27.2 Å². The predicted molar refractivity (Wildman–Crippen MR) is 146 cm³/mol. The summed E-state index contributed by atoms with van der Waals surface area (Å²) in [5, 5.41) is 5.08. The Morgan fingerprint density at radius 3 is 2.26 bits per heavy atom. The van der Waals surface area contributed by atoms with Crippen LogP contribution in [-0.4, -0.2) is 53.1 Å². The predicted octanol–water partition coefficient (Wildman–Crippen LogP) is 3.75. The molecule has 1 fully saturated rings. The van der Waals surface area contributed by atoms with Gasteiger partial charge in [-0.1, -0.05) is 0 Å². The zero-order chi connectivity index (χ0) is 28.5. The number of aromatic nitrogens is 2. The lowest BCUT2D eigenvalue weighted by Crippen LogP contribution is -2.43. The number of pyridine rings is 1. The van der Waals surface area contributed by atoms with E-state index in [1.165, 1.54) is 29.0 Å². The maximum Gasteiger partial charge on any atom is 0.294 e. The molecule has 0 unspecified atom stereocenters. The van der Waals surface area contributed by atoms with E-state index < -0.39 is 38.5 Å². The van der Waals surface area contributed by atoms with Crippen LogP contribution in [0.15, 0.2) is 42.7 Å². The highest BCUT2D eigenvalue weighted by atomic mass is 32.2. The van der Waals surface area contributed by atoms with E-state index in [0.717, 1.165) is 0 Å². The Bertz CT molecular complexity index is 1540. The Morgan fingerprint density at radius 2 is 1.67 bits per heavy atom. The average Bonchev–Trinajstić information content (AvgIpc) is 3.15. The van der Waals surface area contributed by atoms with Gasteiger partial charge in [-0.25, -0.2) is 12.8 Å². The first kappa shape index (κ1) is 28.2. The van der Waals surface area contributed by atoms with Gasteiger partial charge in [-0.05, 0) is 81.0 Å². The molecule has 2 N–H and O–H groups in total. The van der Waals surface area contributed by atoms with E-state index in [4.69, 9.17) is 0 Å². The number of sulfone groups is 1. The summed E-state index contributed by atoms with van der Waals surface area (Å²) in [5.74, 6) is -2.53. The van der Waals surface area contributed by atoms with Crippen molar-refractivity contribution in [1.29, 1.82) is 0 Å². The third-order valence-electron chi connectivity index (χ3n) is 7.27. The van der Waals surface area contributed by atoms with E-state index in [1.54, 1.807) is 45.4 Å². The van der Waals surface area contributed by atoms with Gasteiger partial charge in [-0.3, -0.25) is 19.4 Å². The first-order valence-corrected chi connectivity index (χ1v) is 14.5. The molecular formula is C28H31FN4O5S. The molecule has 0 saturated heterocycles. The lowest BCUT2D eigenvalue weighted by Gasteiger charge is -2.27. The second-order valence-corrected chi connectivity index (χ2v) is 12.3. The van der Waals surface area contributed by atoms with Crippen LogP contribution in [0.5, 0.6) is 0 Å². The Kier molecular flexibility index (Phi) is 8.01. The molecule has 11 heteroatoms. The molecule has 0 atom stereocenters. The van der Waals surface area contributed by atoms with E-state index in [0.29, 0.717) is 53.8 Å². The largest absolute Gasteiger partial charge is 0.346 e. The van der Waals surface area contributed by atoms with E-state index in [-0.39, 0.29) is 17.3 Å². The molecule has 1 saturated carbocycles. The smallest absolute Gasteiger partial charge is 0.294 e. The Morgan fingerprint density at radius 1 is 1.03 bits per heavy atom. The van der Waals surface area contributed by atoms with Crippen LogP contribution in [0.25, 0.3) is 11.3 Å². The van der Waals surface area contributed by atoms with Gasteiger partial charge in [0.1, 0.15) is 15.7 Å². The summed E-state index contributed by atoms with van der Waals surface area (Å²) in [6.45, 7) is 3.19. The molecule has 1 aromatic carbocycles. The Labute approximate surface area is 226 Å². The minimum absolute atomic E-state index is 0.0598. The second kappa shape index (κ2) is 11.1. The summed E-state index contributed by atoms with van der Waals surface area (Å²) in [6.07, 6.45) is 6.07. The number of aryl methyl sites for hydroxylation is 1. The number of carbonyl (C=O) groups is 3. The van der Waals surface area contributed by atoms with Gasteiger partial charge in [-0.2, -0.15) is 0 Å². The molecule has 2 aromatic heterocycles. The van der Waals surface area contributed by atoms with Gasteiger partial charge in [0.2, 0.25) is 0 Å². The number of Topliss-reactive ketones (excluding diaryl/α,β-unsaturated/α-hetero) is 1. The second-order valence-electron chi connectivity index (χ2n) is 10.0. The molecule has 0 aliphatic heterocycles. The normalized spacial score (nSPS) is 17.5. The first-order valence-electron chi connectivity index (χ1n) is 12.6. The Balaban J connectivity index is 1.64. The lowest BCUT2D eigenvalue weighted by molar-refractivity contribution is -0.117. The summed E-state index contributed by atoms with van der Waals surface area (Å²) in [6, 6.07) is 7.29. The van der Waals surface area contributed by atoms with Crippen molar-refractivity contribution in [3.8, 4) is 11.3 Å². The van der Waals surface area contributed by atoms with Gasteiger partial charge in [-0.15, -0.1) is 0 Å². The number of rotatable bonds is 7. The average molecular weight is 555 g/mol. The molecule has 0 radical (unpaired) electrons. The van der Waals surface area contributed by atoms with Crippen molar-refractivity contribution in [3.63, 3.8) is 0 Å². The number of hydrogen-bond donors (Lipinski definition) is 2. The number of anilines is 1. The van der Waals surface area contributed by atoms with Crippen LogP contribution in [0.3, 0.4) is 0 Å². The van der Waals surface area contributed by atoms with Crippen LogP contribution < -0.4 is 10.6 Å². The zero-order valence-corrected chi connectivity index (χ0v) is 23.1. The standard InChI is InChI=1S/C28H31FN4O5S/c1-16-15-20(7-10-22(16)29)32-27(35)23-17(2)24(33(3)25(23)18-11-13-30-14-12-18)26(34)28(36)31-19-5-8-21(9-6-19)39(4,37)38/h7,10-15,19,21H,5-6,8-9H2,1-4H3,(H,31,36)(H,32,35). The van der Waals surface area contributed by atoms with Crippen LogP contribution in [0, 0.1) is 19.7 Å². The summed E-state index contributed by atoms with van der Waals surface area (Å²) < 4.78 is 38.9. The van der Waals surface area contributed by atoms with Crippen LogP contribution in [-0.2, 0) is 21.7 Å². The highest BCUT2D eigenvalue weighted by molar-refractivity contribution is 7.91.